The second-order valence-corrected chi connectivity index (χ2v) is 7.54. The highest BCUT2D eigenvalue weighted by atomic mass is 32.2. The van der Waals surface area contributed by atoms with Gasteiger partial charge in [0, 0.05) is 36.1 Å². The summed E-state index contributed by atoms with van der Waals surface area (Å²) in [6.07, 6.45) is 9.95. The lowest BCUT2D eigenvalue weighted by Gasteiger charge is -2.10. The molecule has 2 N–H and O–H groups in total. The minimum Gasteiger partial charge on any atom is -0.337 e. The maximum absolute atomic E-state index is 11.5. The first-order valence-corrected chi connectivity index (χ1v) is 9.30. The summed E-state index contributed by atoms with van der Waals surface area (Å²) >= 11 is 0. The lowest BCUT2D eigenvalue weighted by molar-refractivity contribution is 0.602. The highest BCUT2D eigenvalue weighted by Crippen LogP contribution is 2.25. The highest BCUT2D eigenvalue weighted by Gasteiger charge is 2.12. The van der Waals surface area contributed by atoms with E-state index in [0.717, 1.165) is 16.9 Å². The van der Waals surface area contributed by atoms with E-state index in [-0.39, 0.29) is 4.90 Å². The van der Waals surface area contributed by atoms with Crippen molar-refractivity contribution in [2.75, 3.05) is 11.6 Å². The Morgan fingerprint density at radius 2 is 1.92 bits per heavy atom. The molecule has 0 radical (unpaired) electrons. The van der Waals surface area contributed by atoms with E-state index < -0.39 is 9.84 Å². The summed E-state index contributed by atoms with van der Waals surface area (Å²) < 4.78 is 25.0. The van der Waals surface area contributed by atoms with Gasteiger partial charge in [-0.3, -0.25) is 9.50 Å². The predicted molar refractivity (Wildman–Crippen MR) is 93.4 cm³/mol. The molecule has 0 aliphatic rings. The molecule has 126 valence electrons. The Labute approximate surface area is 143 Å². The fourth-order valence-corrected chi connectivity index (χ4v) is 3.16. The van der Waals surface area contributed by atoms with Crippen molar-refractivity contribution in [2.45, 2.75) is 4.90 Å². The van der Waals surface area contributed by atoms with Gasteiger partial charge in [-0.05, 0) is 24.3 Å². The molecule has 0 saturated heterocycles. The van der Waals surface area contributed by atoms with Crippen molar-refractivity contribution < 1.29 is 8.42 Å². The fraction of sp³-hybridized carbons (Fsp3) is 0.0625. The van der Waals surface area contributed by atoms with Gasteiger partial charge in [0.1, 0.15) is 0 Å². The molecule has 8 nitrogen and oxygen atoms in total. The Morgan fingerprint density at radius 3 is 2.60 bits per heavy atom. The molecule has 0 fully saturated rings. The van der Waals surface area contributed by atoms with Crippen LogP contribution in [-0.4, -0.2) is 39.2 Å². The van der Waals surface area contributed by atoms with Crippen LogP contribution in [0.3, 0.4) is 0 Å². The summed E-state index contributed by atoms with van der Waals surface area (Å²) in [6.45, 7) is 0. The van der Waals surface area contributed by atoms with Crippen molar-refractivity contribution in [3.05, 3.63) is 55.2 Å². The maximum Gasteiger partial charge on any atom is 0.180 e. The smallest absolute Gasteiger partial charge is 0.180 e. The number of anilines is 2. The first-order chi connectivity index (χ1) is 12.0. The molecule has 3 aromatic heterocycles. The molecule has 1 aromatic carbocycles. The number of aromatic nitrogens is 5. The molecule has 0 bridgehead atoms. The largest absolute Gasteiger partial charge is 0.337 e. The number of nitrogens with one attached hydrogen (secondary N) is 2. The molecule has 0 unspecified atom stereocenters. The predicted octanol–water partition coefficient (Wildman–Crippen LogP) is 2.27. The van der Waals surface area contributed by atoms with Crippen LogP contribution in [0.1, 0.15) is 0 Å². The monoisotopic (exact) mass is 354 g/mol. The quantitative estimate of drug-likeness (QED) is 0.582. The van der Waals surface area contributed by atoms with Gasteiger partial charge in [-0.1, -0.05) is 0 Å². The summed E-state index contributed by atoms with van der Waals surface area (Å²) in [6, 6.07) is 6.50. The number of hydrogen-bond donors (Lipinski definition) is 2. The van der Waals surface area contributed by atoms with Crippen LogP contribution >= 0.6 is 0 Å². The standard InChI is InChI=1S/C16H14N6O2S/c1-25(23,24)13-4-2-12(3-5-13)21-15-16-17-6-7-22(16)14(10-18-15)11-8-19-20-9-11/h2-10H,1H3,(H,18,21)(H,19,20). The summed E-state index contributed by atoms with van der Waals surface area (Å²) in [7, 11) is -3.22. The molecule has 0 amide bonds. The van der Waals surface area contributed by atoms with Crippen LogP contribution in [0.5, 0.6) is 0 Å². The number of fused-ring (bicyclic) bond motifs is 1. The number of benzene rings is 1. The lowest BCUT2D eigenvalue weighted by Crippen LogP contribution is -2.01. The molecule has 0 aliphatic heterocycles. The average Bonchev–Trinajstić information content (AvgIpc) is 3.27. The van der Waals surface area contributed by atoms with Crippen LogP contribution in [-0.2, 0) is 9.84 Å². The van der Waals surface area contributed by atoms with Crippen molar-refractivity contribution in [3.8, 4) is 11.3 Å². The second-order valence-electron chi connectivity index (χ2n) is 5.52. The van der Waals surface area contributed by atoms with Gasteiger partial charge in [0.2, 0.25) is 0 Å². The number of imidazole rings is 1. The fourth-order valence-electron chi connectivity index (χ4n) is 2.53. The number of rotatable bonds is 4. The number of nitrogens with zero attached hydrogens (tertiary/aromatic N) is 4. The summed E-state index contributed by atoms with van der Waals surface area (Å²) in [5, 5.41) is 9.91. The van der Waals surface area contributed by atoms with E-state index in [1.165, 1.54) is 6.26 Å². The molecule has 0 saturated carbocycles. The molecule has 9 heteroatoms. The molecular weight excluding hydrogens is 340 g/mol. The van der Waals surface area contributed by atoms with Gasteiger partial charge in [0.15, 0.2) is 21.3 Å². The third kappa shape index (κ3) is 2.85. The van der Waals surface area contributed by atoms with E-state index in [4.69, 9.17) is 0 Å². The van der Waals surface area contributed by atoms with Gasteiger partial charge in [0.05, 0.1) is 23.0 Å². The van der Waals surface area contributed by atoms with Crippen molar-refractivity contribution in [3.63, 3.8) is 0 Å². The van der Waals surface area contributed by atoms with Crippen LogP contribution in [0.25, 0.3) is 16.9 Å². The summed E-state index contributed by atoms with van der Waals surface area (Å²) in [5.74, 6) is 0.573. The number of sulfone groups is 1. The van der Waals surface area contributed by atoms with E-state index >= 15 is 0 Å². The minimum absolute atomic E-state index is 0.271. The number of aromatic amines is 1. The Kier molecular flexibility index (Phi) is 3.50. The molecular formula is C16H14N6O2S. The van der Waals surface area contributed by atoms with Crippen LogP contribution in [0.15, 0.2) is 60.1 Å². The highest BCUT2D eigenvalue weighted by molar-refractivity contribution is 7.90. The zero-order chi connectivity index (χ0) is 17.4. The molecule has 4 rings (SSSR count). The van der Waals surface area contributed by atoms with Gasteiger partial charge in [-0.25, -0.2) is 18.4 Å². The van der Waals surface area contributed by atoms with Crippen molar-refractivity contribution in [1.82, 2.24) is 24.6 Å². The van der Waals surface area contributed by atoms with Crippen molar-refractivity contribution in [1.29, 1.82) is 0 Å². The Balaban J connectivity index is 1.71. The van der Waals surface area contributed by atoms with Crippen LogP contribution in [0.4, 0.5) is 11.5 Å². The Morgan fingerprint density at radius 1 is 1.12 bits per heavy atom. The molecule has 25 heavy (non-hydrogen) atoms. The van der Waals surface area contributed by atoms with Gasteiger partial charge >= 0.3 is 0 Å². The van der Waals surface area contributed by atoms with E-state index in [9.17, 15) is 8.42 Å². The van der Waals surface area contributed by atoms with Crippen molar-refractivity contribution >= 4 is 27.0 Å². The van der Waals surface area contributed by atoms with Crippen LogP contribution in [0.2, 0.25) is 0 Å². The summed E-state index contributed by atoms with van der Waals surface area (Å²) in [5.41, 5.74) is 3.14. The average molecular weight is 354 g/mol. The second kappa shape index (κ2) is 5.71. The molecule has 4 aromatic rings. The normalized spacial score (nSPS) is 11.7. The van der Waals surface area contributed by atoms with Crippen molar-refractivity contribution in [2.24, 2.45) is 0 Å². The minimum atomic E-state index is -3.22. The van der Waals surface area contributed by atoms with E-state index in [1.807, 2.05) is 10.6 Å². The molecule has 0 aliphatic carbocycles. The number of hydrogen-bond acceptors (Lipinski definition) is 6. The topological polar surface area (TPSA) is 105 Å². The first kappa shape index (κ1) is 15.3. The van der Waals surface area contributed by atoms with Gasteiger partial charge in [-0.15, -0.1) is 0 Å². The maximum atomic E-state index is 11.5. The van der Waals surface area contributed by atoms with Gasteiger partial charge in [-0.2, -0.15) is 5.10 Å². The lowest BCUT2D eigenvalue weighted by atomic mass is 10.2. The molecule has 0 atom stereocenters. The zero-order valence-electron chi connectivity index (χ0n) is 13.2. The zero-order valence-corrected chi connectivity index (χ0v) is 14.0. The van der Waals surface area contributed by atoms with Gasteiger partial charge in [0.25, 0.3) is 0 Å². The molecule has 0 spiro atoms. The van der Waals surface area contributed by atoms with Crippen LogP contribution in [0, 0.1) is 0 Å². The summed E-state index contributed by atoms with van der Waals surface area (Å²) in [4.78, 5) is 9.07. The Hall–Kier alpha value is -3.20. The van der Waals surface area contributed by atoms with Crippen LogP contribution < -0.4 is 5.32 Å². The third-order valence-corrected chi connectivity index (χ3v) is 4.90. The third-order valence-electron chi connectivity index (χ3n) is 3.77. The van der Waals surface area contributed by atoms with E-state index in [2.05, 4.69) is 25.5 Å². The first-order valence-electron chi connectivity index (χ1n) is 7.41. The Bertz CT molecular complexity index is 1130. The number of H-pyrrole nitrogens is 1. The SMILES string of the molecule is CS(=O)(=O)c1ccc(Nc2ncc(-c3cn[nH]c3)n3ccnc23)cc1. The molecule has 3 heterocycles. The van der Waals surface area contributed by atoms with Gasteiger partial charge < -0.3 is 5.32 Å². The van der Waals surface area contributed by atoms with E-state index in [1.54, 1.807) is 49.1 Å². The van der Waals surface area contributed by atoms with E-state index in [0.29, 0.717) is 11.5 Å².